The third kappa shape index (κ3) is 5.54. The number of benzene rings is 7. The fraction of sp³-hybridized carbons (Fsp3) is 0.222. The fourth-order valence-corrected chi connectivity index (χ4v) is 10.9. The minimum atomic E-state index is -0.0451. The highest BCUT2D eigenvalue weighted by atomic mass is 32.1. The maximum Gasteiger partial charge on any atom is 0.198 e. The highest BCUT2D eigenvalue weighted by molar-refractivity contribution is 7.27. The van der Waals surface area contributed by atoms with Gasteiger partial charge in [-0.2, -0.15) is 0 Å². The number of rotatable bonds is 3. The molecule has 3 aromatic heterocycles. The van der Waals surface area contributed by atoms with E-state index < -0.39 is 0 Å². The molecule has 0 spiro atoms. The Morgan fingerprint density at radius 1 is 0.576 bits per heavy atom. The van der Waals surface area contributed by atoms with Crippen molar-refractivity contribution < 1.29 is 4.42 Å². The summed E-state index contributed by atoms with van der Waals surface area (Å²) in [6.45, 7) is 20.8. The number of fused-ring (bicyclic) bond motifs is 12. The van der Waals surface area contributed by atoms with E-state index >= 15 is 0 Å². The number of hydrogen-bond acceptors (Lipinski definition) is 3. The van der Waals surface area contributed by atoms with Crippen LogP contribution in [0.15, 0.2) is 126 Å². The topological polar surface area (TPSA) is 30.1 Å². The zero-order valence-electron chi connectivity index (χ0n) is 35.5. The molecular weight excluding hydrogens is 735 g/mol. The second-order valence-electron chi connectivity index (χ2n) is 19.9. The van der Waals surface area contributed by atoms with Crippen LogP contribution in [0, 0.1) is 0 Å². The van der Waals surface area contributed by atoms with E-state index in [4.69, 9.17) is 4.42 Å². The lowest BCUT2D eigenvalue weighted by Gasteiger charge is -2.27. The average Bonchev–Trinajstić information content (AvgIpc) is 3.87. The minimum Gasteiger partial charge on any atom is -0.456 e. The van der Waals surface area contributed by atoms with E-state index in [0.717, 1.165) is 40.6 Å². The van der Waals surface area contributed by atoms with Crippen molar-refractivity contribution in [3.05, 3.63) is 138 Å². The van der Waals surface area contributed by atoms with Crippen molar-refractivity contribution >= 4 is 105 Å². The van der Waals surface area contributed by atoms with E-state index in [9.17, 15) is 0 Å². The highest BCUT2D eigenvalue weighted by Crippen LogP contribution is 2.50. The average molecular weight is 785 g/mol. The van der Waals surface area contributed by atoms with Crippen LogP contribution in [0.5, 0.6) is 0 Å². The van der Waals surface area contributed by atoms with E-state index in [1.165, 1.54) is 86.4 Å². The van der Waals surface area contributed by atoms with Crippen molar-refractivity contribution in [2.75, 3.05) is 5.32 Å². The molecule has 0 amide bonds. The van der Waals surface area contributed by atoms with Gasteiger partial charge in [-0.1, -0.05) is 128 Å². The summed E-state index contributed by atoms with van der Waals surface area (Å²) in [5, 5.41) is 11.6. The first-order chi connectivity index (χ1) is 28.1. The number of nitrogens with zero attached hydrogens (tertiary/aromatic N) is 1. The monoisotopic (exact) mass is 784 g/mol. The van der Waals surface area contributed by atoms with Crippen LogP contribution in [0.25, 0.3) is 80.7 Å². The van der Waals surface area contributed by atoms with E-state index in [-0.39, 0.29) is 16.2 Å². The first-order valence-corrected chi connectivity index (χ1v) is 21.9. The van der Waals surface area contributed by atoms with Gasteiger partial charge in [0.15, 0.2) is 7.28 Å². The van der Waals surface area contributed by atoms with Crippen LogP contribution in [-0.2, 0) is 16.2 Å². The quantitative estimate of drug-likeness (QED) is 0.181. The zero-order chi connectivity index (χ0) is 40.7. The van der Waals surface area contributed by atoms with Gasteiger partial charge in [0.05, 0.1) is 11.0 Å². The largest absolute Gasteiger partial charge is 0.456 e. The third-order valence-corrected chi connectivity index (χ3v) is 14.1. The van der Waals surface area contributed by atoms with E-state index in [0.29, 0.717) is 0 Å². The first kappa shape index (κ1) is 36.3. The Hall–Kier alpha value is -5.78. The van der Waals surface area contributed by atoms with Gasteiger partial charge in [-0.15, -0.1) is 11.3 Å². The molecule has 4 heterocycles. The van der Waals surface area contributed by atoms with Crippen LogP contribution >= 0.6 is 11.3 Å². The molecule has 5 heteroatoms. The SMILES string of the molecule is CC(C)(C)c1ccc(Nc2ccc(C(C)(C)C)cc2-c2c3c4c(c5cc(C(C)(C)C)ccc5n4-c4cc5c(cc4B3)oc3ccccc35)c3sc4ccccc4c23)cc1. The molecule has 0 saturated carbocycles. The summed E-state index contributed by atoms with van der Waals surface area (Å²) in [7, 11) is 0.788. The van der Waals surface area contributed by atoms with Gasteiger partial charge < -0.3 is 14.3 Å². The van der Waals surface area contributed by atoms with Gasteiger partial charge >= 0.3 is 0 Å². The highest BCUT2D eigenvalue weighted by Gasteiger charge is 2.33. The molecule has 0 radical (unpaired) electrons. The van der Waals surface area contributed by atoms with Crippen LogP contribution in [0.3, 0.4) is 0 Å². The molecule has 1 aliphatic heterocycles. The minimum absolute atomic E-state index is 0.00364. The molecule has 0 aliphatic carbocycles. The van der Waals surface area contributed by atoms with Gasteiger partial charge in [0, 0.05) is 64.3 Å². The molecule has 7 aromatic carbocycles. The van der Waals surface area contributed by atoms with Crippen LogP contribution in [0.4, 0.5) is 11.4 Å². The van der Waals surface area contributed by atoms with Crippen molar-refractivity contribution in [1.82, 2.24) is 4.57 Å². The third-order valence-electron chi connectivity index (χ3n) is 12.9. The molecule has 59 heavy (non-hydrogen) atoms. The van der Waals surface area contributed by atoms with Crippen LogP contribution in [-0.4, -0.2) is 11.8 Å². The summed E-state index contributed by atoms with van der Waals surface area (Å²) in [5.74, 6) is 0. The first-order valence-electron chi connectivity index (χ1n) is 21.1. The number of furan rings is 1. The maximum atomic E-state index is 6.58. The number of aromatic nitrogens is 1. The molecule has 0 unspecified atom stereocenters. The summed E-state index contributed by atoms with van der Waals surface area (Å²) in [6.07, 6.45) is 0. The summed E-state index contributed by atoms with van der Waals surface area (Å²) < 4.78 is 11.9. The Morgan fingerprint density at radius 2 is 1.24 bits per heavy atom. The zero-order valence-corrected chi connectivity index (χ0v) is 36.3. The van der Waals surface area contributed by atoms with Crippen LogP contribution in [0.1, 0.15) is 79.0 Å². The van der Waals surface area contributed by atoms with Crippen molar-refractivity contribution in [3.8, 4) is 16.8 Å². The van der Waals surface area contributed by atoms with Gasteiger partial charge in [0.25, 0.3) is 0 Å². The number of anilines is 2. The normalized spacial score (nSPS) is 13.3. The Kier molecular flexibility index (Phi) is 7.62. The summed E-state index contributed by atoms with van der Waals surface area (Å²) >= 11 is 1.95. The number of para-hydroxylation sites is 1. The van der Waals surface area contributed by atoms with E-state index in [2.05, 4.69) is 194 Å². The lowest BCUT2D eigenvalue weighted by molar-refractivity contribution is 0.590. The Balaban J connectivity index is 1.30. The van der Waals surface area contributed by atoms with Gasteiger partial charge in [0.2, 0.25) is 0 Å². The predicted molar refractivity (Wildman–Crippen MR) is 259 cm³/mol. The summed E-state index contributed by atoms with van der Waals surface area (Å²) in [5.41, 5.74) is 17.1. The van der Waals surface area contributed by atoms with Crippen molar-refractivity contribution in [3.63, 3.8) is 0 Å². The van der Waals surface area contributed by atoms with Crippen LogP contribution in [0.2, 0.25) is 0 Å². The molecule has 290 valence electrons. The standard InChI is InChI=1S/C54H49BN2OS/c1-52(2,3)30-18-22-33(23-19-30)56-40-24-20-31(53(4,5)6)26-37(40)46-47-35-15-11-13-17-45(35)59-51(47)48-38-27-32(54(7,8)9)21-25-41(38)57-42-28-36-34-14-10-12-16-43(34)58-44(36)29-39(42)55-49(46)50(48)57/h10-29,55-56H,1-9H3. The molecule has 1 aliphatic rings. The van der Waals surface area contributed by atoms with Gasteiger partial charge in [-0.05, 0) is 105 Å². The van der Waals surface area contributed by atoms with Crippen molar-refractivity contribution in [2.45, 2.75) is 78.6 Å². The number of hydrogen-bond donors (Lipinski definition) is 1. The molecule has 1 N–H and O–H groups in total. The smallest absolute Gasteiger partial charge is 0.198 e. The molecule has 0 saturated heterocycles. The van der Waals surface area contributed by atoms with E-state index in [1.54, 1.807) is 0 Å². The summed E-state index contributed by atoms with van der Waals surface area (Å²) in [4.78, 5) is 0. The Morgan fingerprint density at radius 3 is 1.98 bits per heavy atom. The van der Waals surface area contributed by atoms with E-state index in [1.807, 2.05) is 11.3 Å². The molecule has 10 aromatic rings. The molecule has 0 bridgehead atoms. The van der Waals surface area contributed by atoms with Crippen molar-refractivity contribution in [2.24, 2.45) is 0 Å². The van der Waals surface area contributed by atoms with Gasteiger partial charge in [0.1, 0.15) is 11.2 Å². The lowest BCUT2D eigenvalue weighted by atomic mass is 9.58. The maximum absolute atomic E-state index is 6.58. The molecule has 3 nitrogen and oxygen atoms in total. The summed E-state index contributed by atoms with van der Waals surface area (Å²) in [6, 6.07) is 45.6. The lowest BCUT2D eigenvalue weighted by Crippen LogP contribution is -2.37. The Labute approximate surface area is 350 Å². The van der Waals surface area contributed by atoms with Gasteiger partial charge in [-0.25, -0.2) is 0 Å². The predicted octanol–water partition coefficient (Wildman–Crippen LogP) is 14.1. The second-order valence-corrected chi connectivity index (χ2v) is 21.0. The Bertz CT molecular complexity index is 3370. The molecule has 0 fully saturated rings. The fourth-order valence-electron chi connectivity index (χ4n) is 9.61. The molecular formula is C54H49BN2OS. The molecule has 0 atom stereocenters. The van der Waals surface area contributed by atoms with Crippen molar-refractivity contribution in [1.29, 1.82) is 0 Å². The number of nitrogens with one attached hydrogen (secondary N) is 1. The van der Waals surface area contributed by atoms with Crippen LogP contribution < -0.4 is 16.2 Å². The number of thiophene rings is 1. The molecule has 11 rings (SSSR count). The second kappa shape index (κ2) is 12.4. The van der Waals surface area contributed by atoms with Gasteiger partial charge in [-0.3, -0.25) is 0 Å².